The molecule has 0 aliphatic rings. The average molecular weight is 415 g/mol. The molecule has 0 heterocycles. The molecule has 2 aromatic carbocycles. The first-order chi connectivity index (χ1) is 14.1. The third kappa shape index (κ3) is 6.58. The molecule has 0 aromatic heterocycles. The van der Waals surface area contributed by atoms with Gasteiger partial charge in [-0.1, -0.05) is 45.0 Å². The van der Waals surface area contributed by atoms with Gasteiger partial charge < -0.3 is 15.0 Å². The van der Waals surface area contributed by atoms with Gasteiger partial charge in [0.1, 0.15) is 17.6 Å². The summed E-state index contributed by atoms with van der Waals surface area (Å²) in [7, 11) is 0. The quantitative estimate of drug-likeness (QED) is 0.709. The van der Waals surface area contributed by atoms with E-state index in [1.807, 2.05) is 31.2 Å². The predicted molar refractivity (Wildman–Crippen MR) is 116 cm³/mol. The number of hydrogen-bond acceptors (Lipinski definition) is 3. The number of hydrogen-bond donors (Lipinski definition) is 1. The number of nitrogens with zero attached hydrogens (tertiary/aromatic N) is 1. The number of amides is 2. The first kappa shape index (κ1) is 23.4. The normalized spacial score (nSPS) is 12.2. The van der Waals surface area contributed by atoms with Crippen molar-refractivity contribution in [1.82, 2.24) is 10.2 Å². The fourth-order valence-corrected chi connectivity index (χ4v) is 2.97. The van der Waals surface area contributed by atoms with Crippen molar-refractivity contribution < 1.29 is 18.7 Å². The van der Waals surface area contributed by atoms with Gasteiger partial charge in [0, 0.05) is 13.1 Å². The van der Waals surface area contributed by atoms with Crippen LogP contribution in [0.5, 0.6) is 5.75 Å². The molecule has 0 radical (unpaired) electrons. The summed E-state index contributed by atoms with van der Waals surface area (Å²) < 4.78 is 18.9. The Balaban J connectivity index is 2.11. The second-order valence-electron chi connectivity index (χ2n) is 8.28. The Morgan fingerprint density at radius 1 is 1.07 bits per heavy atom. The highest BCUT2D eigenvalue weighted by Gasteiger charge is 2.26. The zero-order chi connectivity index (χ0) is 22.3. The van der Waals surface area contributed by atoms with Crippen molar-refractivity contribution in [3.8, 4) is 5.75 Å². The third-order valence-corrected chi connectivity index (χ3v) is 4.87. The standard InChI is InChI=1S/C24H31FN2O3/c1-6-26-23(29)17(2)27(15-18-7-11-20(25)12-8-18)22(28)16-30-21-13-9-19(10-14-21)24(3,4)5/h7-14,17H,6,15-16H2,1-5H3,(H,26,29)/t17-/m1/s1. The van der Waals surface area contributed by atoms with Crippen LogP contribution in [0.3, 0.4) is 0 Å². The molecular formula is C24H31FN2O3. The zero-order valence-electron chi connectivity index (χ0n) is 18.4. The highest BCUT2D eigenvalue weighted by atomic mass is 19.1. The van der Waals surface area contributed by atoms with Crippen molar-refractivity contribution in [2.24, 2.45) is 0 Å². The topological polar surface area (TPSA) is 58.6 Å². The van der Waals surface area contributed by atoms with Crippen LogP contribution in [0, 0.1) is 5.82 Å². The van der Waals surface area contributed by atoms with Crippen LogP contribution in [0.2, 0.25) is 0 Å². The fourth-order valence-electron chi connectivity index (χ4n) is 2.97. The number of nitrogens with one attached hydrogen (secondary N) is 1. The maximum Gasteiger partial charge on any atom is 0.261 e. The van der Waals surface area contributed by atoms with Gasteiger partial charge in [0.15, 0.2) is 6.61 Å². The van der Waals surface area contributed by atoms with E-state index in [2.05, 4.69) is 26.1 Å². The fraction of sp³-hybridized carbons (Fsp3) is 0.417. The molecule has 0 aliphatic carbocycles. The Kier molecular flexibility index (Phi) is 7.98. The maximum atomic E-state index is 13.2. The summed E-state index contributed by atoms with van der Waals surface area (Å²) in [5, 5.41) is 2.74. The van der Waals surface area contributed by atoms with E-state index in [1.54, 1.807) is 19.1 Å². The van der Waals surface area contributed by atoms with E-state index >= 15 is 0 Å². The first-order valence-electron chi connectivity index (χ1n) is 10.2. The van der Waals surface area contributed by atoms with E-state index < -0.39 is 6.04 Å². The zero-order valence-corrected chi connectivity index (χ0v) is 18.4. The average Bonchev–Trinajstić information content (AvgIpc) is 2.71. The summed E-state index contributed by atoms with van der Waals surface area (Å²) in [5.74, 6) is -0.334. The van der Waals surface area contributed by atoms with Crippen LogP contribution in [0.25, 0.3) is 0 Å². The van der Waals surface area contributed by atoms with Crippen LogP contribution in [-0.2, 0) is 21.5 Å². The molecule has 0 spiro atoms. The maximum absolute atomic E-state index is 13.2. The minimum atomic E-state index is -0.686. The highest BCUT2D eigenvalue weighted by molar-refractivity contribution is 5.87. The lowest BCUT2D eigenvalue weighted by Gasteiger charge is -2.28. The third-order valence-electron chi connectivity index (χ3n) is 4.87. The van der Waals surface area contributed by atoms with Crippen LogP contribution >= 0.6 is 0 Å². The largest absolute Gasteiger partial charge is 0.484 e. The van der Waals surface area contributed by atoms with Crippen LogP contribution in [0.15, 0.2) is 48.5 Å². The van der Waals surface area contributed by atoms with Crippen LogP contribution in [0.4, 0.5) is 4.39 Å². The summed E-state index contributed by atoms with van der Waals surface area (Å²) in [6.45, 7) is 10.3. The molecule has 2 amide bonds. The van der Waals surface area contributed by atoms with Gasteiger partial charge in [0.25, 0.3) is 5.91 Å². The van der Waals surface area contributed by atoms with E-state index in [-0.39, 0.29) is 36.2 Å². The summed E-state index contributed by atoms with van der Waals surface area (Å²) in [6, 6.07) is 12.8. The number of carbonyl (C=O) groups excluding carboxylic acids is 2. The number of ether oxygens (including phenoxy) is 1. The van der Waals surface area contributed by atoms with Gasteiger partial charge in [-0.3, -0.25) is 9.59 Å². The Morgan fingerprint density at radius 2 is 1.67 bits per heavy atom. The molecule has 6 heteroatoms. The van der Waals surface area contributed by atoms with Gasteiger partial charge >= 0.3 is 0 Å². The monoisotopic (exact) mass is 414 g/mol. The Hall–Kier alpha value is -2.89. The molecular weight excluding hydrogens is 383 g/mol. The molecule has 1 atom stereocenters. The molecule has 0 unspecified atom stereocenters. The van der Waals surface area contributed by atoms with Crippen molar-refractivity contribution in [3.63, 3.8) is 0 Å². The molecule has 0 bridgehead atoms. The van der Waals surface area contributed by atoms with Crippen molar-refractivity contribution in [2.75, 3.05) is 13.2 Å². The second-order valence-corrected chi connectivity index (χ2v) is 8.28. The molecule has 30 heavy (non-hydrogen) atoms. The number of halogens is 1. The summed E-state index contributed by atoms with van der Waals surface area (Å²) in [6.07, 6.45) is 0. The minimum Gasteiger partial charge on any atom is -0.484 e. The molecule has 1 N–H and O–H groups in total. The molecule has 0 fully saturated rings. The van der Waals surface area contributed by atoms with E-state index in [1.165, 1.54) is 22.6 Å². The Bertz CT molecular complexity index is 842. The SMILES string of the molecule is CCNC(=O)[C@@H](C)N(Cc1ccc(F)cc1)C(=O)COc1ccc(C(C)(C)C)cc1. The minimum absolute atomic E-state index is 0.0301. The van der Waals surface area contributed by atoms with Gasteiger partial charge in [-0.2, -0.15) is 0 Å². The lowest BCUT2D eigenvalue weighted by molar-refractivity contribution is -0.142. The lowest BCUT2D eigenvalue weighted by atomic mass is 9.87. The lowest BCUT2D eigenvalue weighted by Crippen LogP contribution is -2.49. The molecule has 2 rings (SSSR count). The molecule has 0 saturated heterocycles. The van der Waals surface area contributed by atoms with Crippen molar-refractivity contribution >= 4 is 11.8 Å². The predicted octanol–water partition coefficient (Wildman–Crippen LogP) is 4.06. The number of benzene rings is 2. The summed E-state index contributed by atoms with van der Waals surface area (Å²) >= 11 is 0. The van der Waals surface area contributed by atoms with Crippen LogP contribution < -0.4 is 10.1 Å². The van der Waals surface area contributed by atoms with Crippen LogP contribution in [0.1, 0.15) is 45.7 Å². The van der Waals surface area contributed by atoms with Gasteiger partial charge in [-0.15, -0.1) is 0 Å². The van der Waals surface area contributed by atoms with Gasteiger partial charge in [0.05, 0.1) is 0 Å². The number of likely N-dealkylation sites (N-methyl/N-ethyl adjacent to an activating group) is 1. The van der Waals surface area contributed by atoms with Crippen LogP contribution in [-0.4, -0.2) is 35.9 Å². The van der Waals surface area contributed by atoms with Gasteiger partial charge in [-0.05, 0) is 54.7 Å². The second kappa shape index (κ2) is 10.2. The Morgan fingerprint density at radius 3 is 2.20 bits per heavy atom. The number of carbonyl (C=O) groups is 2. The number of rotatable bonds is 8. The smallest absolute Gasteiger partial charge is 0.261 e. The molecule has 0 saturated carbocycles. The van der Waals surface area contributed by atoms with Crippen molar-refractivity contribution in [3.05, 3.63) is 65.5 Å². The molecule has 5 nitrogen and oxygen atoms in total. The summed E-state index contributed by atoms with van der Waals surface area (Å²) in [4.78, 5) is 26.7. The summed E-state index contributed by atoms with van der Waals surface area (Å²) in [5.41, 5.74) is 1.93. The molecule has 0 aliphatic heterocycles. The van der Waals surface area contributed by atoms with E-state index in [9.17, 15) is 14.0 Å². The highest BCUT2D eigenvalue weighted by Crippen LogP contribution is 2.24. The molecule has 2 aromatic rings. The Labute approximate surface area is 178 Å². The van der Waals surface area contributed by atoms with E-state index in [0.717, 1.165) is 5.56 Å². The first-order valence-corrected chi connectivity index (χ1v) is 10.2. The van der Waals surface area contributed by atoms with Crippen molar-refractivity contribution in [2.45, 2.75) is 52.6 Å². The van der Waals surface area contributed by atoms with Crippen molar-refractivity contribution in [1.29, 1.82) is 0 Å². The van der Waals surface area contributed by atoms with E-state index in [0.29, 0.717) is 12.3 Å². The van der Waals surface area contributed by atoms with Gasteiger partial charge in [0.2, 0.25) is 5.91 Å². The molecule has 162 valence electrons. The van der Waals surface area contributed by atoms with Gasteiger partial charge in [-0.25, -0.2) is 4.39 Å². The van der Waals surface area contributed by atoms with E-state index in [4.69, 9.17) is 4.74 Å².